The first-order valence-electron chi connectivity index (χ1n) is 15.5. The van der Waals surface area contributed by atoms with Gasteiger partial charge < -0.3 is 34.9 Å². The van der Waals surface area contributed by atoms with Crippen molar-refractivity contribution in [3.8, 4) is 17.6 Å². The quantitative estimate of drug-likeness (QED) is 0.234. The summed E-state index contributed by atoms with van der Waals surface area (Å²) in [6.07, 6.45) is -0.339. The van der Waals surface area contributed by atoms with Crippen LogP contribution in [0.25, 0.3) is 11.0 Å². The van der Waals surface area contributed by atoms with Crippen LogP contribution < -0.4 is 20.7 Å². The number of hydrogen-bond donors (Lipinski definition) is 3. The third-order valence-corrected chi connectivity index (χ3v) is 8.47. The fourth-order valence-electron chi connectivity index (χ4n) is 6.12. The lowest BCUT2D eigenvalue weighted by atomic mass is 9.93. The van der Waals surface area contributed by atoms with E-state index in [0.29, 0.717) is 5.56 Å². The third kappa shape index (κ3) is 8.33. The summed E-state index contributed by atoms with van der Waals surface area (Å²) in [6, 6.07) is 5.23. The molecule has 0 radical (unpaired) electrons. The Balaban J connectivity index is 1.34. The topological polar surface area (TPSA) is 110 Å². The maximum Gasteiger partial charge on any atom is 0.406 e. The van der Waals surface area contributed by atoms with Gasteiger partial charge in [-0.05, 0) is 43.4 Å². The monoisotopic (exact) mass is 658 g/mol. The molecule has 2 fully saturated rings. The Hall–Kier alpha value is -4.35. The van der Waals surface area contributed by atoms with E-state index in [1.165, 1.54) is 32.4 Å². The second kappa shape index (κ2) is 14.6. The number of nitrogens with zero attached hydrogens (tertiary/aromatic N) is 3. The average molecular weight is 659 g/mol. The number of halogens is 4. The maximum absolute atomic E-state index is 14.5. The largest absolute Gasteiger partial charge is 0.495 e. The molecule has 3 N–H and O–H groups in total. The predicted octanol–water partition coefficient (Wildman–Crippen LogP) is 4.19. The highest BCUT2D eigenvalue weighted by atomic mass is 19.4. The van der Waals surface area contributed by atoms with Crippen molar-refractivity contribution in [3.63, 3.8) is 0 Å². The van der Waals surface area contributed by atoms with Crippen LogP contribution in [0.5, 0.6) is 5.75 Å². The smallest absolute Gasteiger partial charge is 0.406 e. The van der Waals surface area contributed by atoms with Crippen molar-refractivity contribution in [2.75, 3.05) is 52.3 Å². The van der Waals surface area contributed by atoms with E-state index in [4.69, 9.17) is 9.47 Å². The summed E-state index contributed by atoms with van der Waals surface area (Å²) in [6.45, 7) is 4.04. The molecule has 2 amide bonds. The second-order valence-corrected chi connectivity index (χ2v) is 11.9. The number of carbonyl (C=O) groups excluding carboxylic acids is 2. The molecule has 2 aliphatic heterocycles. The van der Waals surface area contributed by atoms with Gasteiger partial charge in [0.2, 0.25) is 0 Å². The van der Waals surface area contributed by atoms with Crippen LogP contribution in [-0.4, -0.2) is 91.5 Å². The summed E-state index contributed by atoms with van der Waals surface area (Å²) in [5, 5.41) is 8.38. The Kier molecular flexibility index (Phi) is 10.6. The molecule has 1 unspecified atom stereocenters. The Morgan fingerprint density at radius 1 is 1.15 bits per heavy atom. The average Bonchev–Trinajstić information content (AvgIpc) is 3.69. The van der Waals surface area contributed by atoms with E-state index in [-0.39, 0.29) is 58.2 Å². The highest BCUT2D eigenvalue weighted by Crippen LogP contribution is 2.29. The van der Waals surface area contributed by atoms with Crippen LogP contribution >= 0.6 is 0 Å². The molecular formula is C33H38F4N6O4. The number of benzene rings is 2. The Labute approximate surface area is 270 Å². The van der Waals surface area contributed by atoms with Crippen molar-refractivity contribution in [3.05, 3.63) is 53.1 Å². The molecule has 3 heterocycles. The number of fused-ring (bicyclic) bond motifs is 1. The molecule has 5 rings (SSSR count). The van der Waals surface area contributed by atoms with Gasteiger partial charge in [-0.1, -0.05) is 18.8 Å². The zero-order valence-corrected chi connectivity index (χ0v) is 26.5. The van der Waals surface area contributed by atoms with Crippen LogP contribution in [0.2, 0.25) is 0 Å². The second-order valence-electron chi connectivity index (χ2n) is 11.9. The van der Waals surface area contributed by atoms with Crippen molar-refractivity contribution >= 4 is 28.5 Å². The lowest BCUT2D eigenvalue weighted by Gasteiger charge is -2.38. The van der Waals surface area contributed by atoms with Crippen LogP contribution in [0, 0.1) is 23.6 Å². The van der Waals surface area contributed by atoms with Crippen molar-refractivity contribution in [2.45, 2.75) is 51.1 Å². The minimum atomic E-state index is -4.50. The number of hydrogen-bond acceptors (Lipinski definition) is 7. The van der Waals surface area contributed by atoms with Crippen LogP contribution in [-0.2, 0) is 11.3 Å². The highest BCUT2D eigenvalue weighted by Gasteiger charge is 2.32. The van der Waals surface area contributed by atoms with Gasteiger partial charge in [-0.15, -0.1) is 0 Å². The number of methoxy groups -OCH3 is 1. The molecular weight excluding hydrogens is 620 g/mol. The molecule has 2 aliphatic rings. The van der Waals surface area contributed by atoms with Crippen LogP contribution in [0.4, 0.5) is 23.2 Å². The number of aromatic nitrogens is 2. The number of carbonyl (C=O) groups is 2. The van der Waals surface area contributed by atoms with E-state index in [2.05, 4.69) is 44.6 Å². The van der Waals surface area contributed by atoms with Crippen LogP contribution in [0.15, 0.2) is 30.6 Å². The van der Waals surface area contributed by atoms with E-state index in [1.807, 2.05) is 0 Å². The first-order valence-corrected chi connectivity index (χ1v) is 15.5. The van der Waals surface area contributed by atoms with E-state index < -0.39 is 30.4 Å². The fourth-order valence-corrected chi connectivity index (χ4v) is 6.12. The molecule has 3 atom stereocenters. The van der Waals surface area contributed by atoms with E-state index in [9.17, 15) is 27.2 Å². The fraction of sp³-hybridized carbons (Fsp3) is 0.485. The number of anilines is 1. The number of likely N-dealkylation sites (tertiary alicyclic amines) is 1. The SMILES string of the molecule is CNC(=O)c1cc(OC)c(NCC#Cc2cc(C(=O)N[C@H]3CCN(CC4CCCO4)C[C@@H]3C)c3ncn(CC(F)(F)F)c3c2)cc1F. The summed E-state index contributed by atoms with van der Waals surface area (Å²) in [5.74, 6) is 4.32. The van der Waals surface area contributed by atoms with Crippen LogP contribution in [0.1, 0.15) is 52.5 Å². The molecule has 2 saturated heterocycles. The van der Waals surface area contributed by atoms with E-state index >= 15 is 0 Å². The van der Waals surface area contributed by atoms with Gasteiger partial charge in [0.25, 0.3) is 11.8 Å². The van der Waals surface area contributed by atoms with Gasteiger partial charge >= 0.3 is 6.18 Å². The lowest BCUT2D eigenvalue weighted by molar-refractivity contribution is -0.140. The number of ether oxygens (including phenoxy) is 2. The number of piperidine rings is 1. The zero-order chi connectivity index (χ0) is 33.7. The first kappa shape index (κ1) is 34.0. The zero-order valence-electron chi connectivity index (χ0n) is 26.5. The number of alkyl halides is 3. The molecule has 252 valence electrons. The summed E-state index contributed by atoms with van der Waals surface area (Å²) in [7, 11) is 2.76. The molecule has 47 heavy (non-hydrogen) atoms. The molecule has 14 heteroatoms. The molecule has 0 saturated carbocycles. The normalized spacial score (nSPS) is 20.0. The molecule has 1 aromatic heterocycles. The van der Waals surface area contributed by atoms with Crippen molar-refractivity contribution in [2.24, 2.45) is 5.92 Å². The van der Waals surface area contributed by atoms with Gasteiger partial charge in [-0.3, -0.25) is 9.59 Å². The Bertz CT molecular complexity index is 1680. The van der Waals surface area contributed by atoms with Gasteiger partial charge in [0, 0.05) is 51.0 Å². The molecule has 10 nitrogen and oxygen atoms in total. The lowest BCUT2D eigenvalue weighted by Crippen LogP contribution is -2.51. The minimum Gasteiger partial charge on any atom is -0.495 e. The first-order chi connectivity index (χ1) is 22.5. The Morgan fingerprint density at radius 2 is 1.96 bits per heavy atom. The predicted molar refractivity (Wildman–Crippen MR) is 168 cm³/mol. The van der Waals surface area contributed by atoms with Crippen molar-refractivity contribution in [1.82, 2.24) is 25.1 Å². The van der Waals surface area contributed by atoms with E-state index in [1.54, 1.807) is 0 Å². The van der Waals surface area contributed by atoms with Crippen molar-refractivity contribution < 1.29 is 36.6 Å². The minimum absolute atomic E-state index is 0.00150. The van der Waals surface area contributed by atoms with Crippen molar-refractivity contribution in [1.29, 1.82) is 0 Å². The summed E-state index contributed by atoms with van der Waals surface area (Å²) >= 11 is 0. The molecule has 0 aliphatic carbocycles. The van der Waals surface area contributed by atoms with Gasteiger partial charge in [0.1, 0.15) is 23.6 Å². The number of nitrogens with one attached hydrogen (secondary N) is 3. The summed E-state index contributed by atoms with van der Waals surface area (Å²) < 4.78 is 66.7. The van der Waals surface area contributed by atoms with E-state index in [0.717, 1.165) is 62.5 Å². The third-order valence-electron chi connectivity index (χ3n) is 8.47. The number of amides is 2. The number of imidazole rings is 1. The maximum atomic E-state index is 14.5. The summed E-state index contributed by atoms with van der Waals surface area (Å²) in [4.78, 5) is 32.1. The van der Waals surface area contributed by atoms with Gasteiger partial charge in [0.15, 0.2) is 0 Å². The molecule has 0 bridgehead atoms. The molecule has 0 spiro atoms. The summed E-state index contributed by atoms with van der Waals surface area (Å²) in [5.41, 5.74) is 0.774. The number of rotatable bonds is 9. The Morgan fingerprint density at radius 3 is 2.64 bits per heavy atom. The van der Waals surface area contributed by atoms with Gasteiger partial charge in [0.05, 0.1) is 48.4 Å². The standard InChI is InChI=1S/C33H38F4N6O4/c1-20-16-42(17-22-7-5-11-47-22)10-8-26(20)41-32(45)24-12-21(13-28-30(24)40-19-43(28)18-33(35,36)37)6-4-9-39-27-15-25(34)23(31(44)38-2)14-29(27)46-3/h12-15,19-20,22,26,39H,5,7-11,16-18H2,1-3H3,(H,38,44)(H,41,45)/t20-,22?,26-/m0/s1. The van der Waals surface area contributed by atoms with Gasteiger partial charge in [-0.25, -0.2) is 9.37 Å². The molecule has 2 aromatic carbocycles. The molecule has 3 aromatic rings. The van der Waals surface area contributed by atoms with Crippen LogP contribution in [0.3, 0.4) is 0 Å². The van der Waals surface area contributed by atoms with Gasteiger partial charge in [-0.2, -0.15) is 13.2 Å². The highest BCUT2D eigenvalue weighted by molar-refractivity contribution is 6.05.